The number of hydrogen-bond donors (Lipinski definition) is 0. The zero-order valence-electron chi connectivity index (χ0n) is 12.8. The summed E-state index contributed by atoms with van der Waals surface area (Å²) in [6.45, 7) is 4.47. The van der Waals surface area contributed by atoms with Crippen molar-refractivity contribution in [1.82, 2.24) is 9.78 Å². The predicted octanol–water partition coefficient (Wildman–Crippen LogP) is 5.27. The van der Waals surface area contributed by atoms with Crippen LogP contribution in [0.25, 0.3) is 0 Å². The Morgan fingerprint density at radius 3 is 2.65 bits per heavy atom. The number of nitrogens with zero attached hydrogens (tertiary/aromatic N) is 2. The first-order valence-electron chi connectivity index (χ1n) is 7.91. The molecule has 0 radical (unpaired) electrons. The Balaban J connectivity index is 2.09. The molecule has 3 atom stereocenters. The molecular weight excluding hydrogens is 380 g/mol. The zero-order chi connectivity index (χ0) is 14.7. The van der Waals surface area contributed by atoms with Crippen LogP contribution in [0.5, 0.6) is 0 Å². The summed E-state index contributed by atoms with van der Waals surface area (Å²) in [5.74, 6) is 1.67. The first kappa shape index (κ1) is 16.5. The lowest BCUT2D eigenvalue weighted by Gasteiger charge is -2.33. The normalized spacial score (nSPS) is 26.9. The average Bonchev–Trinajstić information content (AvgIpc) is 2.70. The summed E-state index contributed by atoms with van der Waals surface area (Å²) in [5.41, 5.74) is 2.56. The third kappa shape index (κ3) is 3.68. The second kappa shape index (κ2) is 7.44. The van der Waals surface area contributed by atoms with Gasteiger partial charge in [0, 0.05) is 11.9 Å². The van der Waals surface area contributed by atoms with E-state index in [0.717, 1.165) is 24.7 Å². The highest BCUT2D eigenvalue weighted by molar-refractivity contribution is 9.10. The Hall–Kier alpha value is 0.170. The highest BCUT2D eigenvalue weighted by Crippen LogP contribution is 2.38. The smallest absolute Gasteiger partial charge is 0.0766 e. The summed E-state index contributed by atoms with van der Waals surface area (Å²) in [4.78, 5) is 0.669. The van der Waals surface area contributed by atoms with Crippen LogP contribution < -0.4 is 0 Å². The van der Waals surface area contributed by atoms with Crippen molar-refractivity contribution in [3.63, 3.8) is 0 Å². The van der Waals surface area contributed by atoms with E-state index in [1.54, 1.807) is 0 Å². The summed E-state index contributed by atoms with van der Waals surface area (Å²) in [7, 11) is 2.08. The third-order valence-electron chi connectivity index (χ3n) is 4.65. The van der Waals surface area contributed by atoms with Gasteiger partial charge in [0.15, 0.2) is 0 Å². The fourth-order valence-corrected chi connectivity index (χ4v) is 4.94. The number of halogens is 2. The van der Waals surface area contributed by atoms with Crippen LogP contribution in [0.3, 0.4) is 0 Å². The molecule has 1 aliphatic rings. The molecule has 0 aromatic carbocycles. The van der Waals surface area contributed by atoms with E-state index in [4.69, 9.17) is 0 Å². The van der Waals surface area contributed by atoms with Crippen molar-refractivity contribution < 1.29 is 0 Å². The highest BCUT2D eigenvalue weighted by atomic mass is 79.9. The molecule has 0 amide bonds. The van der Waals surface area contributed by atoms with Crippen molar-refractivity contribution in [1.29, 1.82) is 0 Å². The Bertz CT molecular complexity index is 442. The summed E-state index contributed by atoms with van der Waals surface area (Å²) in [6.07, 6.45) is 8.93. The van der Waals surface area contributed by atoms with Crippen LogP contribution in [0, 0.1) is 11.8 Å². The Kier molecular flexibility index (Phi) is 6.15. The molecule has 3 unspecified atom stereocenters. The van der Waals surface area contributed by atoms with Crippen LogP contribution in [0.1, 0.15) is 57.3 Å². The highest BCUT2D eigenvalue weighted by Gasteiger charge is 2.30. The van der Waals surface area contributed by atoms with Gasteiger partial charge in [0.25, 0.3) is 0 Å². The number of rotatable bonds is 5. The number of aromatic nitrogens is 2. The summed E-state index contributed by atoms with van der Waals surface area (Å²) < 4.78 is 3.31. The number of hydrogen-bond acceptors (Lipinski definition) is 1. The Morgan fingerprint density at radius 1 is 1.30 bits per heavy atom. The Labute approximate surface area is 140 Å². The van der Waals surface area contributed by atoms with Crippen molar-refractivity contribution in [2.24, 2.45) is 18.9 Å². The van der Waals surface area contributed by atoms with Crippen LogP contribution in [-0.2, 0) is 19.9 Å². The van der Waals surface area contributed by atoms with E-state index in [1.165, 1.54) is 48.0 Å². The van der Waals surface area contributed by atoms with Crippen LogP contribution in [0.4, 0.5) is 0 Å². The molecule has 1 fully saturated rings. The maximum absolute atomic E-state index is 4.63. The van der Waals surface area contributed by atoms with Crippen LogP contribution in [0.15, 0.2) is 4.47 Å². The van der Waals surface area contributed by atoms with Crippen molar-refractivity contribution in [2.75, 3.05) is 0 Å². The summed E-state index contributed by atoms with van der Waals surface area (Å²) >= 11 is 7.68. The van der Waals surface area contributed by atoms with Crippen LogP contribution in [0.2, 0.25) is 0 Å². The second-order valence-electron chi connectivity index (χ2n) is 6.13. The zero-order valence-corrected chi connectivity index (χ0v) is 16.0. The van der Waals surface area contributed by atoms with Gasteiger partial charge in [-0.3, -0.25) is 4.68 Å². The lowest BCUT2D eigenvalue weighted by Crippen LogP contribution is -2.27. The molecule has 0 saturated heterocycles. The van der Waals surface area contributed by atoms with Crippen LogP contribution in [-0.4, -0.2) is 14.6 Å². The van der Waals surface area contributed by atoms with E-state index in [9.17, 15) is 0 Å². The fraction of sp³-hybridized carbons (Fsp3) is 0.812. The minimum atomic E-state index is 0.669. The summed E-state index contributed by atoms with van der Waals surface area (Å²) in [6, 6.07) is 0. The molecule has 114 valence electrons. The van der Waals surface area contributed by atoms with E-state index in [2.05, 4.69) is 62.5 Å². The van der Waals surface area contributed by atoms with E-state index < -0.39 is 0 Å². The molecule has 1 aliphatic carbocycles. The molecule has 0 spiro atoms. The molecule has 4 heteroatoms. The van der Waals surface area contributed by atoms with E-state index in [-0.39, 0.29) is 0 Å². The average molecular weight is 406 g/mol. The molecule has 1 saturated carbocycles. The minimum Gasteiger partial charge on any atom is -0.271 e. The SMILES string of the molecule is CCCC1CCC(Br)C(Cc2c(Br)c(CC)nn2C)C1. The van der Waals surface area contributed by atoms with Crippen LogP contribution >= 0.6 is 31.9 Å². The molecule has 1 aromatic heterocycles. The van der Waals surface area contributed by atoms with Gasteiger partial charge in [-0.15, -0.1) is 0 Å². The van der Waals surface area contributed by atoms with Gasteiger partial charge in [-0.05, 0) is 59.9 Å². The third-order valence-corrected chi connectivity index (χ3v) is 6.77. The molecule has 1 aromatic rings. The first-order valence-corrected chi connectivity index (χ1v) is 9.61. The van der Waals surface area contributed by atoms with Crippen molar-refractivity contribution in [3.8, 4) is 0 Å². The lowest BCUT2D eigenvalue weighted by molar-refractivity contribution is 0.260. The quantitative estimate of drug-likeness (QED) is 0.610. The Morgan fingerprint density at radius 2 is 2.05 bits per heavy atom. The summed E-state index contributed by atoms with van der Waals surface area (Å²) in [5, 5.41) is 4.63. The van der Waals surface area contributed by atoms with Gasteiger partial charge in [0.2, 0.25) is 0 Å². The van der Waals surface area contributed by atoms with E-state index in [0.29, 0.717) is 4.83 Å². The maximum Gasteiger partial charge on any atom is 0.0766 e. The van der Waals surface area contributed by atoms with Gasteiger partial charge < -0.3 is 0 Å². The molecule has 0 aliphatic heterocycles. The number of alkyl halides is 1. The molecule has 0 N–H and O–H groups in total. The van der Waals surface area contributed by atoms with Crippen molar-refractivity contribution >= 4 is 31.9 Å². The lowest BCUT2D eigenvalue weighted by atomic mass is 9.77. The molecule has 2 rings (SSSR count). The predicted molar refractivity (Wildman–Crippen MR) is 92.4 cm³/mol. The van der Waals surface area contributed by atoms with E-state index in [1.807, 2.05) is 0 Å². The maximum atomic E-state index is 4.63. The topological polar surface area (TPSA) is 17.8 Å². The molecular formula is C16H26Br2N2. The second-order valence-corrected chi connectivity index (χ2v) is 8.10. The standard InChI is InChI=1S/C16H26Br2N2/c1-4-6-11-7-8-13(17)12(9-11)10-15-16(18)14(5-2)19-20(15)3/h11-13H,4-10H2,1-3H3. The van der Waals surface area contributed by atoms with Crippen molar-refractivity contribution in [3.05, 3.63) is 15.9 Å². The van der Waals surface area contributed by atoms with Gasteiger partial charge >= 0.3 is 0 Å². The van der Waals surface area contributed by atoms with Gasteiger partial charge in [-0.1, -0.05) is 42.6 Å². The number of aryl methyl sites for hydroxylation is 2. The van der Waals surface area contributed by atoms with E-state index >= 15 is 0 Å². The molecule has 2 nitrogen and oxygen atoms in total. The van der Waals surface area contributed by atoms with Crippen molar-refractivity contribution in [2.45, 2.75) is 63.6 Å². The molecule has 0 bridgehead atoms. The van der Waals surface area contributed by atoms with Gasteiger partial charge in [-0.25, -0.2) is 0 Å². The van der Waals surface area contributed by atoms with Gasteiger partial charge in [0.05, 0.1) is 15.9 Å². The van der Waals surface area contributed by atoms with Gasteiger partial charge in [0.1, 0.15) is 0 Å². The molecule has 1 heterocycles. The monoisotopic (exact) mass is 404 g/mol. The first-order chi connectivity index (χ1) is 9.56. The fourth-order valence-electron chi connectivity index (χ4n) is 3.50. The molecule has 20 heavy (non-hydrogen) atoms. The largest absolute Gasteiger partial charge is 0.271 e. The minimum absolute atomic E-state index is 0.669. The van der Waals surface area contributed by atoms with Gasteiger partial charge in [-0.2, -0.15) is 5.10 Å².